The minimum absolute atomic E-state index is 0.272. The molecule has 4 nitrogen and oxygen atoms in total. The molecule has 0 aliphatic carbocycles. The van der Waals surface area contributed by atoms with Crippen LogP contribution in [0.3, 0.4) is 0 Å². The van der Waals surface area contributed by atoms with E-state index in [4.69, 9.17) is 11.6 Å². The van der Waals surface area contributed by atoms with Crippen LogP contribution in [0, 0.1) is 0 Å². The normalized spacial score (nSPS) is 19.2. The highest BCUT2D eigenvalue weighted by molar-refractivity contribution is 7.95. The van der Waals surface area contributed by atoms with Gasteiger partial charge in [0.15, 0.2) is 0 Å². The minimum Gasteiger partial charge on any atom is -0.249 e. The summed E-state index contributed by atoms with van der Waals surface area (Å²) in [5, 5.41) is 0.461. The van der Waals surface area contributed by atoms with Crippen molar-refractivity contribution in [3.63, 3.8) is 0 Å². The Balaban J connectivity index is 2.32. The number of rotatable bonds is 1. The van der Waals surface area contributed by atoms with Crippen molar-refractivity contribution in [1.82, 2.24) is 9.97 Å². The summed E-state index contributed by atoms with van der Waals surface area (Å²) in [5.74, 6) is 1.60. The largest absolute Gasteiger partial charge is 0.257 e. The second-order valence-electron chi connectivity index (χ2n) is 2.83. The summed E-state index contributed by atoms with van der Waals surface area (Å²) >= 11 is 5.59. The van der Waals surface area contributed by atoms with Gasteiger partial charge < -0.3 is 0 Å². The first-order valence-electron chi connectivity index (χ1n) is 3.88. The quantitative estimate of drug-likeness (QED) is 0.719. The zero-order chi connectivity index (χ0) is 9.31. The van der Waals surface area contributed by atoms with Gasteiger partial charge in [0.1, 0.15) is 0 Å². The van der Waals surface area contributed by atoms with Crippen LogP contribution in [0.5, 0.6) is 0 Å². The zero-order valence-corrected chi connectivity index (χ0v) is 8.38. The number of hydrogen-bond donors (Lipinski definition) is 0. The molecular weight excluding hydrogens is 210 g/mol. The van der Waals surface area contributed by atoms with Crippen LogP contribution in [0.2, 0.25) is 5.02 Å². The molecule has 0 amide bonds. The highest BCUT2D eigenvalue weighted by Crippen LogP contribution is 2.18. The molecule has 0 aromatic carbocycles. The van der Waals surface area contributed by atoms with E-state index in [9.17, 15) is 4.21 Å². The van der Waals surface area contributed by atoms with Crippen molar-refractivity contribution in [3.8, 4) is 0 Å². The van der Waals surface area contributed by atoms with E-state index in [1.165, 1.54) is 12.4 Å². The molecule has 1 saturated heterocycles. The monoisotopic (exact) mass is 217 g/mol. The molecule has 0 N–H and O–H groups in total. The molecule has 0 bridgehead atoms. The highest BCUT2D eigenvalue weighted by atomic mass is 35.5. The van der Waals surface area contributed by atoms with Gasteiger partial charge in [-0.1, -0.05) is 11.6 Å². The van der Waals surface area contributed by atoms with Gasteiger partial charge in [-0.3, -0.25) is 0 Å². The Morgan fingerprint density at radius 2 is 2.00 bits per heavy atom. The second-order valence-corrected chi connectivity index (χ2v) is 5.81. The fraction of sp³-hybridized carbons (Fsp3) is 0.429. The van der Waals surface area contributed by atoms with Crippen LogP contribution in [0.15, 0.2) is 16.8 Å². The summed E-state index contributed by atoms with van der Waals surface area (Å²) in [6.45, 7) is 0. The fourth-order valence-corrected chi connectivity index (χ4v) is 2.44. The van der Waals surface area contributed by atoms with Gasteiger partial charge in [-0.15, -0.1) is 0 Å². The number of aromatic nitrogens is 2. The molecule has 6 heteroatoms. The van der Waals surface area contributed by atoms with Gasteiger partial charge >= 0.3 is 0 Å². The SMILES string of the molecule is O=S1(=Nc2ncc(Cl)cn2)CCC1. The molecule has 1 fully saturated rings. The van der Waals surface area contributed by atoms with Crippen LogP contribution in [0.1, 0.15) is 6.42 Å². The lowest BCUT2D eigenvalue weighted by Gasteiger charge is -2.16. The van der Waals surface area contributed by atoms with Gasteiger partial charge in [0.2, 0.25) is 0 Å². The number of hydrogen-bond acceptors (Lipinski definition) is 4. The molecule has 0 saturated carbocycles. The van der Waals surface area contributed by atoms with E-state index < -0.39 is 9.73 Å². The van der Waals surface area contributed by atoms with E-state index in [0.29, 0.717) is 16.5 Å². The van der Waals surface area contributed by atoms with Crippen LogP contribution in [0.25, 0.3) is 0 Å². The average molecular weight is 218 g/mol. The third-order valence-corrected chi connectivity index (χ3v) is 4.33. The average Bonchev–Trinajstić information content (AvgIpc) is 2.06. The smallest absolute Gasteiger partial charge is 0.249 e. The summed E-state index contributed by atoms with van der Waals surface area (Å²) < 4.78 is 15.6. The maximum absolute atomic E-state index is 11.6. The number of halogens is 1. The molecule has 13 heavy (non-hydrogen) atoms. The Labute approximate surface area is 81.5 Å². The third-order valence-electron chi connectivity index (χ3n) is 1.78. The molecule has 1 aromatic heterocycles. The van der Waals surface area contributed by atoms with Gasteiger partial charge in [-0.05, 0) is 6.42 Å². The van der Waals surface area contributed by atoms with Crippen molar-refractivity contribution < 1.29 is 4.21 Å². The minimum atomic E-state index is -2.00. The lowest BCUT2D eigenvalue weighted by molar-refractivity contribution is 0.663. The van der Waals surface area contributed by atoms with Gasteiger partial charge in [-0.25, -0.2) is 14.2 Å². The molecule has 1 aromatic rings. The highest BCUT2D eigenvalue weighted by Gasteiger charge is 2.19. The molecule has 2 rings (SSSR count). The van der Waals surface area contributed by atoms with Crippen LogP contribution in [-0.2, 0) is 9.73 Å². The van der Waals surface area contributed by atoms with Gasteiger partial charge in [0, 0.05) is 11.5 Å². The van der Waals surface area contributed by atoms with E-state index in [1.54, 1.807) is 0 Å². The molecule has 0 radical (unpaired) electrons. The van der Waals surface area contributed by atoms with Gasteiger partial charge in [-0.2, -0.15) is 4.36 Å². The Hall–Kier alpha value is -0.680. The predicted octanol–water partition coefficient (Wildman–Crippen LogP) is 1.63. The number of nitrogens with zero attached hydrogens (tertiary/aromatic N) is 3. The lowest BCUT2D eigenvalue weighted by atomic mass is 10.5. The third kappa shape index (κ3) is 1.97. The van der Waals surface area contributed by atoms with E-state index in [1.807, 2.05) is 0 Å². The standard InChI is InChI=1S/C7H8ClN3OS/c8-6-4-9-7(10-5-6)11-13(12)2-1-3-13/h4-5H,1-3H2. The Morgan fingerprint density at radius 1 is 1.38 bits per heavy atom. The fourth-order valence-electron chi connectivity index (χ4n) is 0.984. The summed E-state index contributed by atoms with van der Waals surface area (Å²) in [7, 11) is -2.00. The first kappa shape index (κ1) is 8.90. The van der Waals surface area contributed by atoms with Crippen molar-refractivity contribution in [3.05, 3.63) is 17.4 Å². The Bertz CT molecular complexity index is 412. The van der Waals surface area contributed by atoms with E-state index in [2.05, 4.69) is 14.3 Å². The topological polar surface area (TPSA) is 55.2 Å². The Morgan fingerprint density at radius 3 is 2.46 bits per heavy atom. The summed E-state index contributed by atoms with van der Waals surface area (Å²) in [6.07, 6.45) is 3.89. The van der Waals surface area contributed by atoms with Gasteiger partial charge in [0.05, 0.1) is 27.1 Å². The van der Waals surface area contributed by atoms with Gasteiger partial charge in [0.25, 0.3) is 5.95 Å². The Kier molecular flexibility index (Phi) is 2.21. The van der Waals surface area contributed by atoms with Crippen LogP contribution in [0.4, 0.5) is 5.95 Å². The first-order valence-corrected chi connectivity index (χ1v) is 6.11. The van der Waals surface area contributed by atoms with Crippen molar-refractivity contribution in [2.24, 2.45) is 4.36 Å². The van der Waals surface area contributed by atoms with Crippen molar-refractivity contribution in [2.45, 2.75) is 6.42 Å². The lowest BCUT2D eigenvalue weighted by Crippen LogP contribution is -2.23. The van der Waals surface area contributed by atoms with Crippen molar-refractivity contribution in [2.75, 3.05) is 11.5 Å². The van der Waals surface area contributed by atoms with Crippen LogP contribution in [-0.4, -0.2) is 25.7 Å². The van der Waals surface area contributed by atoms with Crippen LogP contribution >= 0.6 is 11.6 Å². The van der Waals surface area contributed by atoms with E-state index in [-0.39, 0.29) is 5.95 Å². The summed E-state index contributed by atoms with van der Waals surface area (Å²) in [6, 6.07) is 0. The van der Waals surface area contributed by atoms with E-state index in [0.717, 1.165) is 6.42 Å². The van der Waals surface area contributed by atoms with Crippen LogP contribution < -0.4 is 0 Å². The van der Waals surface area contributed by atoms with E-state index >= 15 is 0 Å². The molecule has 0 unspecified atom stereocenters. The maximum atomic E-state index is 11.6. The molecule has 70 valence electrons. The van der Waals surface area contributed by atoms with Crippen molar-refractivity contribution >= 4 is 27.3 Å². The maximum Gasteiger partial charge on any atom is 0.257 e. The summed E-state index contributed by atoms with van der Waals surface area (Å²) in [5.41, 5.74) is 0. The summed E-state index contributed by atoms with van der Waals surface area (Å²) in [4.78, 5) is 7.71. The molecule has 1 aliphatic rings. The van der Waals surface area contributed by atoms with Crippen molar-refractivity contribution in [1.29, 1.82) is 0 Å². The second kappa shape index (κ2) is 3.23. The zero-order valence-electron chi connectivity index (χ0n) is 6.81. The molecule has 1 aliphatic heterocycles. The predicted molar refractivity (Wildman–Crippen MR) is 51.6 cm³/mol. The molecule has 0 spiro atoms. The molecular formula is C7H8ClN3OS. The first-order chi connectivity index (χ1) is 6.18. The molecule has 2 heterocycles. The molecule has 0 atom stereocenters.